The Kier molecular flexibility index (Phi) is 6.83. The van der Waals surface area contributed by atoms with Crippen molar-refractivity contribution in [1.82, 2.24) is 9.80 Å². The number of hydrogen-bond donors (Lipinski definition) is 1. The monoisotopic (exact) mass is 386 g/mol. The van der Waals surface area contributed by atoms with Crippen molar-refractivity contribution in [2.75, 3.05) is 46.9 Å². The molecular weight excluding hydrogens is 364 g/mol. The van der Waals surface area contributed by atoms with Crippen molar-refractivity contribution in [3.63, 3.8) is 0 Å². The van der Waals surface area contributed by atoms with Crippen LogP contribution >= 0.6 is 15.9 Å². The van der Waals surface area contributed by atoms with Crippen molar-refractivity contribution >= 4 is 21.9 Å². The van der Waals surface area contributed by atoms with Crippen LogP contribution in [0, 0.1) is 0 Å². The molecule has 1 atom stereocenters. The number of nitrogens with zero attached hydrogens (tertiary/aromatic N) is 2. The Hall–Kier alpha value is -1.15. The van der Waals surface area contributed by atoms with Gasteiger partial charge in [0, 0.05) is 26.2 Å². The Morgan fingerprint density at radius 3 is 3.00 bits per heavy atom. The van der Waals surface area contributed by atoms with Crippen LogP contribution in [0.5, 0.6) is 5.75 Å². The number of carbonyl (C=O) groups is 1. The summed E-state index contributed by atoms with van der Waals surface area (Å²) < 4.78 is 11.9. The van der Waals surface area contributed by atoms with Gasteiger partial charge in [0.25, 0.3) is 0 Å². The van der Waals surface area contributed by atoms with E-state index in [1.54, 1.807) is 19.1 Å². The summed E-state index contributed by atoms with van der Waals surface area (Å²) in [5.41, 5.74) is 1.21. The SMILES string of the molecule is COc1ccc(CN2CCOC(CN(C)CC(=O)O)C2)cc1Br. The highest BCUT2D eigenvalue weighted by atomic mass is 79.9. The van der Waals surface area contributed by atoms with Crippen molar-refractivity contribution < 1.29 is 19.4 Å². The van der Waals surface area contributed by atoms with E-state index in [1.165, 1.54) is 5.56 Å². The van der Waals surface area contributed by atoms with Gasteiger partial charge in [-0.25, -0.2) is 0 Å². The lowest BCUT2D eigenvalue weighted by Gasteiger charge is -2.34. The third-order valence-electron chi connectivity index (χ3n) is 3.77. The average Bonchev–Trinajstić information content (AvgIpc) is 2.47. The lowest BCUT2D eigenvalue weighted by molar-refractivity contribution is -0.138. The molecule has 0 bridgehead atoms. The fraction of sp³-hybridized carbons (Fsp3) is 0.562. The van der Waals surface area contributed by atoms with Crippen LogP contribution in [0.2, 0.25) is 0 Å². The summed E-state index contributed by atoms with van der Waals surface area (Å²) in [7, 11) is 3.46. The zero-order valence-corrected chi connectivity index (χ0v) is 15.1. The molecule has 1 aliphatic heterocycles. The van der Waals surface area contributed by atoms with Gasteiger partial charge in [0.15, 0.2) is 0 Å². The number of aliphatic carboxylic acids is 1. The number of likely N-dealkylation sites (N-methyl/N-ethyl adjacent to an activating group) is 1. The van der Waals surface area contributed by atoms with Crippen LogP contribution in [-0.4, -0.2) is 73.9 Å². The van der Waals surface area contributed by atoms with Crippen LogP contribution in [0.4, 0.5) is 0 Å². The van der Waals surface area contributed by atoms with Gasteiger partial charge in [0.2, 0.25) is 0 Å². The van der Waals surface area contributed by atoms with Crippen LogP contribution in [0.3, 0.4) is 0 Å². The molecule has 1 heterocycles. The minimum Gasteiger partial charge on any atom is -0.496 e. The quantitative estimate of drug-likeness (QED) is 0.768. The third-order valence-corrected chi connectivity index (χ3v) is 4.39. The van der Waals surface area contributed by atoms with E-state index in [1.807, 2.05) is 6.07 Å². The number of morpholine rings is 1. The Balaban J connectivity index is 1.88. The zero-order chi connectivity index (χ0) is 16.8. The lowest BCUT2D eigenvalue weighted by Crippen LogP contribution is -2.47. The van der Waals surface area contributed by atoms with E-state index < -0.39 is 5.97 Å². The molecule has 7 heteroatoms. The van der Waals surface area contributed by atoms with Crippen molar-refractivity contribution in [1.29, 1.82) is 0 Å². The molecule has 1 aromatic carbocycles. The van der Waals surface area contributed by atoms with Gasteiger partial charge >= 0.3 is 5.97 Å². The summed E-state index contributed by atoms with van der Waals surface area (Å²) in [6.07, 6.45) is 0.0368. The van der Waals surface area contributed by atoms with E-state index in [2.05, 4.69) is 33.0 Å². The second-order valence-corrected chi connectivity index (χ2v) is 6.64. The number of ether oxygens (including phenoxy) is 2. The molecule has 6 nitrogen and oxygen atoms in total. The van der Waals surface area contributed by atoms with Gasteiger partial charge in [-0.3, -0.25) is 14.6 Å². The minimum absolute atomic E-state index is 0.0330. The average molecular weight is 387 g/mol. The van der Waals surface area contributed by atoms with Gasteiger partial charge in [-0.15, -0.1) is 0 Å². The molecule has 2 rings (SSSR count). The Labute approximate surface area is 145 Å². The largest absolute Gasteiger partial charge is 0.496 e. The smallest absolute Gasteiger partial charge is 0.317 e. The topological polar surface area (TPSA) is 62.2 Å². The molecule has 23 heavy (non-hydrogen) atoms. The number of halogens is 1. The Morgan fingerprint density at radius 2 is 2.35 bits per heavy atom. The molecule has 1 aromatic rings. The van der Waals surface area contributed by atoms with E-state index in [-0.39, 0.29) is 12.6 Å². The second-order valence-electron chi connectivity index (χ2n) is 5.79. The molecule has 0 radical (unpaired) electrons. The number of hydrogen-bond acceptors (Lipinski definition) is 5. The highest BCUT2D eigenvalue weighted by Gasteiger charge is 2.22. The second kappa shape index (κ2) is 8.63. The van der Waals surface area contributed by atoms with E-state index in [9.17, 15) is 4.79 Å². The zero-order valence-electron chi connectivity index (χ0n) is 13.5. The van der Waals surface area contributed by atoms with Crippen LogP contribution in [0.15, 0.2) is 22.7 Å². The van der Waals surface area contributed by atoms with E-state index >= 15 is 0 Å². The standard InChI is InChI=1S/C16H23BrN2O4/c1-18(11-16(20)21)9-13-10-19(5-6-23-13)8-12-3-4-15(22-2)14(17)7-12/h3-4,7,13H,5-6,8-11H2,1-2H3,(H,20,21). The number of benzene rings is 1. The molecular formula is C16H23BrN2O4. The van der Waals surface area contributed by atoms with Crippen LogP contribution in [0.1, 0.15) is 5.56 Å². The normalized spacial score (nSPS) is 19.0. The number of carboxylic acids is 1. The minimum atomic E-state index is -0.816. The van der Waals surface area contributed by atoms with Crippen molar-refractivity contribution in [2.24, 2.45) is 0 Å². The third kappa shape index (κ3) is 5.76. The molecule has 0 amide bonds. The summed E-state index contributed by atoms with van der Waals surface area (Å²) in [6, 6.07) is 6.09. The number of rotatable bonds is 7. The van der Waals surface area contributed by atoms with E-state index in [0.717, 1.165) is 29.9 Å². The van der Waals surface area contributed by atoms with E-state index in [0.29, 0.717) is 13.2 Å². The van der Waals surface area contributed by atoms with Crippen LogP contribution < -0.4 is 4.74 Å². The maximum absolute atomic E-state index is 10.7. The Morgan fingerprint density at radius 1 is 1.57 bits per heavy atom. The molecule has 0 aromatic heterocycles. The first-order valence-electron chi connectivity index (χ1n) is 7.54. The van der Waals surface area contributed by atoms with Crippen LogP contribution in [-0.2, 0) is 16.1 Å². The molecule has 1 N–H and O–H groups in total. The molecule has 128 valence electrons. The first-order chi connectivity index (χ1) is 11.0. The van der Waals surface area contributed by atoms with Crippen molar-refractivity contribution in [3.05, 3.63) is 28.2 Å². The lowest BCUT2D eigenvalue weighted by atomic mass is 10.1. The van der Waals surface area contributed by atoms with Crippen molar-refractivity contribution in [3.8, 4) is 5.75 Å². The van der Waals surface area contributed by atoms with Gasteiger partial charge in [-0.05, 0) is 40.7 Å². The fourth-order valence-electron chi connectivity index (χ4n) is 2.74. The molecule has 1 saturated heterocycles. The van der Waals surface area contributed by atoms with Gasteiger partial charge in [0.05, 0.1) is 30.8 Å². The molecule has 1 unspecified atom stereocenters. The molecule has 1 aliphatic rings. The fourth-order valence-corrected chi connectivity index (χ4v) is 3.33. The first-order valence-corrected chi connectivity index (χ1v) is 8.34. The van der Waals surface area contributed by atoms with Gasteiger partial charge in [-0.2, -0.15) is 0 Å². The summed E-state index contributed by atoms with van der Waals surface area (Å²) in [4.78, 5) is 14.8. The number of carboxylic acid groups (broad SMARTS) is 1. The number of methoxy groups -OCH3 is 1. The first kappa shape index (κ1) is 18.2. The summed E-state index contributed by atoms with van der Waals surface area (Å²) in [6.45, 7) is 3.84. The van der Waals surface area contributed by atoms with Gasteiger partial charge in [-0.1, -0.05) is 6.07 Å². The maximum Gasteiger partial charge on any atom is 0.317 e. The molecule has 0 saturated carbocycles. The summed E-state index contributed by atoms with van der Waals surface area (Å²) in [5, 5.41) is 8.82. The maximum atomic E-state index is 10.7. The molecule has 1 fully saturated rings. The molecule has 0 spiro atoms. The molecule has 0 aliphatic carbocycles. The highest BCUT2D eigenvalue weighted by Crippen LogP contribution is 2.26. The predicted octanol–water partition coefficient (Wildman–Crippen LogP) is 1.67. The predicted molar refractivity (Wildman–Crippen MR) is 90.8 cm³/mol. The summed E-state index contributed by atoms with van der Waals surface area (Å²) in [5.74, 6) is 0.00662. The highest BCUT2D eigenvalue weighted by molar-refractivity contribution is 9.10. The van der Waals surface area contributed by atoms with Crippen LogP contribution in [0.25, 0.3) is 0 Å². The Bertz CT molecular complexity index is 541. The van der Waals surface area contributed by atoms with E-state index in [4.69, 9.17) is 14.6 Å². The van der Waals surface area contributed by atoms with Gasteiger partial charge < -0.3 is 14.6 Å². The van der Waals surface area contributed by atoms with Crippen molar-refractivity contribution in [2.45, 2.75) is 12.6 Å². The van der Waals surface area contributed by atoms with Gasteiger partial charge in [0.1, 0.15) is 5.75 Å². The summed E-state index contributed by atoms with van der Waals surface area (Å²) >= 11 is 3.51.